The third-order valence-corrected chi connectivity index (χ3v) is 2.21. The van der Waals surface area contributed by atoms with E-state index in [2.05, 4.69) is 9.97 Å². The molecule has 0 aliphatic rings. The highest BCUT2D eigenvalue weighted by molar-refractivity contribution is 5.69. The quantitative estimate of drug-likeness (QED) is 0.601. The third kappa shape index (κ3) is 1.78. The van der Waals surface area contributed by atoms with Crippen LogP contribution in [0.5, 0.6) is 0 Å². The van der Waals surface area contributed by atoms with Crippen molar-refractivity contribution in [2.45, 2.75) is 6.54 Å². The maximum absolute atomic E-state index is 10.8. The van der Waals surface area contributed by atoms with Crippen LogP contribution in [0.1, 0.15) is 5.82 Å². The van der Waals surface area contributed by atoms with Gasteiger partial charge >= 0.3 is 0 Å². The highest BCUT2D eigenvalue weighted by atomic mass is 16.6. The van der Waals surface area contributed by atoms with Gasteiger partial charge in [-0.05, 0) is 6.07 Å². The number of benzene rings is 1. The van der Waals surface area contributed by atoms with Gasteiger partial charge in [0.15, 0.2) is 0 Å². The summed E-state index contributed by atoms with van der Waals surface area (Å²) in [6.07, 6.45) is 1.55. The van der Waals surface area contributed by atoms with E-state index in [9.17, 15) is 10.1 Å². The molecule has 1 aromatic carbocycles. The second kappa shape index (κ2) is 4.11. The van der Waals surface area contributed by atoms with Crippen LogP contribution in [0, 0.1) is 10.1 Å². The fourth-order valence-electron chi connectivity index (χ4n) is 1.46. The van der Waals surface area contributed by atoms with Gasteiger partial charge in [0.05, 0.1) is 28.9 Å². The van der Waals surface area contributed by atoms with E-state index in [1.807, 2.05) is 0 Å². The molecular weight excluding hydrogens is 208 g/mol. The molecule has 0 radical (unpaired) electrons. The zero-order chi connectivity index (χ0) is 11.5. The van der Waals surface area contributed by atoms with Gasteiger partial charge < -0.3 is 10.7 Å². The molecular formula is C10H10N4O2. The number of rotatable bonds is 3. The Bertz CT molecular complexity index is 521. The van der Waals surface area contributed by atoms with E-state index < -0.39 is 4.92 Å². The van der Waals surface area contributed by atoms with Crippen LogP contribution in [0.15, 0.2) is 30.5 Å². The van der Waals surface area contributed by atoms with Crippen molar-refractivity contribution in [3.8, 4) is 11.3 Å². The number of aromatic amines is 1. The highest BCUT2D eigenvalue weighted by Crippen LogP contribution is 2.27. The van der Waals surface area contributed by atoms with Gasteiger partial charge in [0.25, 0.3) is 5.69 Å². The Morgan fingerprint density at radius 2 is 2.19 bits per heavy atom. The lowest BCUT2D eigenvalue weighted by atomic mass is 10.1. The molecule has 0 fully saturated rings. The maximum atomic E-state index is 10.8. The van der Waals surface area contributed by atoms with Crippen molar-refractivity contribution in [2.24, 2.45) is 5.73 Å². The number of nitro benzene ring substituents is 1. The van der Waals surface area contributed by atoms with E-state index in [0.717, 1.165) is 0 Å². The monoisotopic (exact) mass is 218 g/mol. The van der Waals surface area contributed by atoms with E-state index >= 15 is 0 Å². The number of imidazole rings is 1. The minimum Gasteiger partial charge on any atom is -0.341 e. The zero-order valence-corrected chi connectivity index (χ0v) is 8.38. The molecule has 1 heterocycles. The maximum Gasteiger partial charge on any atom is 0.278 e. The summed E-state index contributed by atoms with van der Waals surface area (Å²) in [6, 6.07) is 6.50. The van der Waals surface area contributed by atoms with Gasteiger partial charge in [0.1, 0.15) is 5.82 Å². The Labute approximate surface area is 91.3 Å². The fourth-order valence-corrected chi connectivity index (χ4v) is 1.46. The molecule has 0 unspecified atom stereocenters. The van der Waals surface area contributed by atoms with E-state index in [1.165, 1.54) is 6.07 Å². The van der Waals surface area contributed by atoms with Crippen molar-refractivity contribution in [2.75, 3.05) is 0 Å². The molecule has 0 saturated carbocycles. The Morgan fingerprint density at radius 1 is 1.44 bits per heavy atom. The normalized spacial score (nSPS) is 10.3. The van der Waals surface area contributed by atoms with Crippen LogP contribution in [0.25, 0.3) is 11.3 Å². The third-order valence-electron chi connectivity index (χ3n) is 2.21. The summed E-state index contributed by atoms with van der Waals surface area (Å²) in [4.78, 5) is 17.3. The SMILES string of the molecule is NCc1ncc(-c2ccccc2[N+](=O)[O-])[nH]1. The standard InChI is InChI=1S/C10H10N4O2/c11-5-10-12-6-8(13-10)7-3-1-2-4-9(7)14(15)16/h1-4,6H,5,11H2,(H,12,13). The van der Waals surface area contributed by atoms with Crippen LogP contribution < -0.4 is 5.73 Å². The van der Waals surface area contributed by atoms with Crippen LogP contribution in [0.3, 0.4) is 0 Å². The average molecular weight is 218 g/mol. The first kappa shape index (κ1) is 10.3. The second-order valence-corrected chi connectivity index (χ2v) is 3.22. The fraction of sp³-hybridized carbons (Fsp3) is 0.100. The second-order valence-electron chi connectivity index (χ2n) is 3.22. The first-order valence-electron chi connectivity index (χ1n) is 4.70. The van der Waals surface area contributed by atoms with Crippen LogP contribution in [0.4, 0.5) is 5.69 Å². The van der Waals surface area contributed by atoms with E-state index in [-0.39, 0.29) is 12.2 Å². The predicted octanol–water partition coefficient (Wildman–Crippen LogP) is 1.44. The average Bonchev–Trinajstić information content (AvgIpc) is 2.77. The number of nitro groups is 1. The summed E-state index contributed by atoms with van der Waals surface area (Å²) in [6.45, 7) is 0.278. The van der Waals surface area contributed by atoms with Crippen LogP contribution in [-0.2, 0) is 6.54 Å². The summed E-state index contributed by atoms with van der Waals surface area (Å²) in [5, 5.41) is 10.8. The summed E-state index contributed by atoms with van der Waals surface area (Å²) in [5.74, 6) is 0.605. The van der Waals surface area contributed by atoms with Crippen molar-refractivity contribution in [3.05, 3.63) is 46.4 Å². The Kier molecular flexibility index (Phi) is 2.65. The Balaban J connectivity index is 2.50. The molecule has 0 saturated heterocycles. The molecule has 6 nitrogen and oxygen atoms in total. The number of para-hydroxylation sites is 1. The van der Waals surface area contributed by atoms with Gasteiger partial charge in [-0.15, -0.1) is 0 Å². The number of aromatic nitrogens is 2. The predicted molar refractivity (Wildman–Crippen MR) is 58.6 cm³/mol. The minimum absolute atomic E-state index is 0.0507. The van der Waals surface area contributed by atoms with Crippen LogP contribution in [0.2, 0.25) is 0 Å². The topological polar surface area (TPSA) is 97.8 Å². The number of nitrogens with zero attached hydrogens (tertiary/aromatic N) is 2. The van der Waals surface area contributed by atoms with Crippen molar-refractivity contribution in [1.29, 1.82) is 0 Å². The Hall–Kier alpha value is -2.21. The zero-order valence-electron chi connectivity index (χ0n) is 8.38. The number of nitrogens with one attached hydrogen (secondary N) is 1. The smallest absolute Gasteiger partial charge is 0.278 e. The minimum atomic E-state index is -0.418. The molecule has 2 aromatic rings. The molecule has 6 heteroatoms. The van der Waals surface area contributed by atoms with Gasteiger partial charge in [-0.3, -0.25) is 10.1 Å². The van der Waals surface area contributed by atoms with Crippen molar-refractivity contribution < 1.29 is 4.92 Å². The van der Waals surface area contributed by atoms with Gasteiger partial charge in [0, 0.05) is 6.07 Å². The molecule has 0 aliphatic carbocycles. The largest absolute Gasteiger partial charge is 0.341 e. The molecule has 1 aromatic heterocycles. The Morgan fingerprint density at radius 3 is 2.81 bits per heavy atom. The molecule has 2 rings (SSSR count). The van der Waals surface area contributed by atoms with Crippen LogP contribution in [-0.4, -0.2) is 14.9 Å². The summed E-state index contributed by atoms with van der Waals surface area (Å²) in [7, 11) is 0. The van der Waals surface area contributed by atoms with E-state index in [0.29, 0.717) is 17.1 Å². The first-order valence-corrected chi connectivity index (χ1v) is 4.70. The summed E-state index contributed by atoms with van der Waals surface area (Å²) >= 11 is 0. The molecule has 0 bridgehead atoms. The molecule has 0 spiro atoms. The van der Waals surface area contributed by atoms with Gasteiger partial charge in [0.2, 0.25) is 0 Å². The van der Waals surface area contributed by atoms with Crippen molar-refractivity contribution in [3.63, 3.8) is 0 Å². The number of nitrogens with two attached hydrogens (primary N) is 1. The van der Waals surface area contributed by atoms with Crippen LogP contribution >= 0.6 is 0 Å². The summed E-state index contributed by atoms with van der Waals surface area (Å²) in [5.41, 5.74) is 6.58. The number of hydrogen-bond acceptors (Lipinski definition) is 4. The van der Waals surface area contributed by atoms with Gasteiger partial charge in [-0.1, -0.05) is 12.1 Å². The lowest BCUT2D eigenvalue weighted by Gasteiger charge is -1.98. The van der Waals surface area contributed by atoms with Gasteiger partial charge in [-0.25, -0.2) is 4.98 Å². The van der Waals surface area contributed by atoms with Crippen molar-refractivity contribution in [1.82, 2.24) is 9.97 Å². The molecule has 3 N–H and O–H groups in total. The lowest BCUT2D eigenvalue weighted by Crippen LogP contribution is -1.98. The summed E-state index contributed by atoms with van der Waals surface area (Å²) < 4.78 is 0. The van der Waals surface area contributed by atoms with Gasteiger partial charge in [-0.2, -0.15) is 0 Å². The molecule has 0 atom stereocenters. The first-order chi connectivity index (χ1) is 7.72. The van der Waals surface area contributed by atoms with E-state index in [1.54, 1.807) is 24.4 Å². The molecule has 82 valence electrons. The molecule has 0 aliphatic heterocycles. The van der Waals surface area contributed by atoms with Crippen molar-refractivity contribution >= 4 is 5.69 Å². The lowest BCUT2D eigenvalue weighted by molar-refractivity contribution is -0.384. The highest BCUT2D eigenvalue weighted by Gasteiger charge is 2.15. The van der Waals surface area contributed by atoms with E-state index in [4.69, 9.17) is 5.73 Å². The molecule has 0 amide bonds. The number of hydrogen-bond donors (Lipinski definition) is 2. The molecule has 16 heavy (non-hydrogen) atoms. The number of H-pyrrole nitrogens is 1.